The first-order valence-corrected chi connectivity index (χ1v) is 9.54. The van der Waals surface area contributed by atoms with Crippen molar-refractivity contribution < 1.29 is 27.5 Å². The number of ether oxygens (including phenoxy) is 1. The Morgan fingerprint density at radius 1 is 1.10 bits per heavy atom. The van der Waals surface area contributed by atoms with E-state index in [0.29, 0.717) is 31.7 Å². The average Bonchev–Trinajstić information content (AvgIpc) is 2.70. The minimum atomic E-state index is -1.67. The van der Waals surface area contributed by atoms with Crippen LogP contribution in [0.1, 0.15) is 20.3 Å². The van der Waals surface area contributed by atoms with Crippen LogP contribution < -0.4 is 16.0 Å². The molecule has 1 unspecified atom stereocenters. The number of benzene rings is 1. The van der Waals surface area contributed by atoms with Gasteiger partial charge in [0, 0.05) is 25.7 Å². The first-order chi connectivity index (χ1) is 13.8. The maximum absolute atomic E-state index is 13.6. The van der Waals surface area contributed by atoms with E-state index in [1.54, 1.807) is 0 Å². The molecule has 0 spiro atoms. The van der Waals surface area contributed by atoms with Gasteiger partial charge in [-0.2, -0.15) is 0 Å². The van der Waals surface area contributed by atoms with E-state index in [0.717, 1.165) is 25.6 Å². The topological polar surface area (TPSA) is 82.7 Å². The lowest BCUT2D eigenvalue weighted by Gasteiger charge is -2.35. The Hall–Kier alpha value is -2.33. The van der Waals surface area contributed by atoms with Crippen molar-refractivity contribution >= 4 is 17.6 Å². The molecule has 1 heterocycles. The smallest absolute Gasteiger partial charge is 0.315 e. The highest BCUT2D eigenvalue weighted by atomic mass is 19.2. The van der Waals surface area contributed by atoms with Gasteiger partial charge in [-0.1, -0.05) is 13.8 Å². The van der Waals surface area contributed by atoms with Crippen molar-refractivity contribution in [1.29, 1.82) is 0 Å². The Balaban J connectivity index is 1.79. The van der Waals surface area contributed by atoms with Gasteiger partial charge in [-0.15, -0.1) is 0 Å². The van der Waals surface area contributed by atoms with Gasteiger partial charge < -0.3 is 20.7 Å². The van der Waals surface area contributed by atoms with Crippen molar-refractivity contribution in [1.82, 2.24) is 15.5 Å². The third-order valence-electron chi connectivity index (χ3n) is 4.52. The highest BCUT2D eigenvalue weighted by molar-refractivity contribution is 5.94. The Bertz CT molecular complexity index is 712. The lowest BCUT2D eigenvalue weighted by Crippen LogP contribution is -2.51. The van der Waals surface area contributed by atoms with Gasteiger partial charge in [0.05, 0.1) is 25.4 Å². The second-order valence-electron chi connectivity index (χ2n) is 7.27. The van der Waals surface area contributed by atoms with Crippen LogP contribution in [0.25, 0.3) is 0 Å². The van der Waals surface area contributed by atoms with Crippen molar-refractivity contribution in [3.05, 3.63) is 29.6 Å². The summed E-state index contributed by atoms with van der Waals surface area (Å²) in [6, 6.07) is 1.21. The molecule has 162 valence electrons. The summed E-state index contributed by atoms with van der Waals surface area (Å²) in [5.41, 5.74) is -0.500. The van der Waals surface area contributed by atoms with E-state index >= 15 is 0 Å². The first kappa shape index (κ1) is 23.0. The minimum Gasteiger partial charge on any atom is -0.379 e. The monoisotopic (exact) mass is 416 g/mol. The van der Waals surface area contributed by atoms with Gasteiger partial charge >= 0.3 is 6.03 Å². The molecular weight excluding hydrogens is 389 g/mol. The number of hydrogen-bond acceptors (Lipinski definition) is 4. The van der Waals surface area contributed by atoms with Crippen LogP contribution >= 0.6 is 0 Å². The molecule has 1 fully saturated rings. The van der Waals surface area contributed by atoms with E-state index in [1.165, 1.54) is 0 Å². The van der Waals surface area contributed by atoms with Crippen molar-refractivity contribution in [2.45, 2.75) is 26.3 Å². The predicted molar refractivity (Wildman–Crippen MR) is 102 cm³/mol. The Labute approximate surface area is 168 Å². The third kappa shape index (κ3) is 7.21. The molecule has 0 saturated carbocycles. The molecule has 1 saturated heterocycles. The molecule has 29 heavy (non-hydrogen) atoms. The number of halogens is 3. The number of carbonyl (C=O) groups excluding carboxylic acids is 2. The zero-order chi connectivity index (χ0) is 21.4. The lowest BCUT2D eigenvalue weighted by atomic mass is 10.0. The molecule has 3 N–H and O–H groups in total. The van der Waals surface area contributed by atoms with E-state index in [9.17, 15) is 22.8 Å². The van der Waals surface area contributed by atoms with E-state index < -0.39 is 41.6 Å². The number of anilines is 1. The number of urea groups is 1. The van der Waals surface area contributed by atoms with E-state index in [-0.39, 0.29) is 6.04 Å². The summed E-state index contributed by atoms with van der Waals surface area (Å²) in [7, 11) is 0. The van der Waals surface area contributed by atoms with Gasteiger partial charge in [-0.3, -0.25) is 9.69 Å². The van der Waals surface area contributed by atoms with Crippen LogP contribution in [-0.2, 0) is 9.53 Å². The van der Waals surface area contributed by atoms with Gasteiger partial charge in [-0.25, -0.2) is 18.0 Å². The zero-order valence-corrected chi connectivity index (χ0v) is 16.6. The van der Waals surface area contributed by atoms with Gasteiger partial charge in [0.1, 0.15) is 0 Å². The quantitative estimate of drug-likeness (QED) is 0.567. The maximum atomic E-state index is 13.6. The average molecular weight is 416 g/mol. The lowest BCUT2D eigenvalue weighted by molar-refractivity contribution is -0.115. The van der Waals surface area contributed by atoms with Crippen LogP contribution in [0.15, 0.2) is 12.1 Å². The first-order valence-electron chi connectivity index (χ1n) is 9.54. The molecule has 3 amide bonds. The fourth-order valence-corrected chi connectivity index (χ4v) is 3.10. The van der Waals surface area contributed by atoms with Gasteiger partial charge in [0.15, 0.2) is 17.5 Å². The number of nitrogens with zero attached hydrogens (tertiary/aromatic N) is 1. The molecule has 10 heteroatoms. The molecule has 1 aliphatic heterocycles. The van der Waals surface area contributed by atoms with Crippen LogP contribution in [0, 0.1) is 23.4 Å². The summed E-state index contributed by atoms with van der Waals surface area (Å²) in [6.07, 6.45) is 0.899. The Morgan fingerprint density at radius 3 is 2.45 bits per heavy atom. The summed E-state index contributed by atoms with van der Waals surface area (Å²) >= 11 is 0. The van der Waals surface area contributed by atoms with E-state index in [1.807, 2.05) is 0 Å². The van der Waals surface area contributed by atoms with Crippen LogP contribution in [0.4, 0.5) is 23.7 Å². The van der Waals surface area contributed by atoms with Crippen molar-refractivity contribution in [2.24, 2.45) is 5.92 Å². The van der Waals surface area contributed by atoms with Crippen molar-refractivity contribution in [3.63, 3.8) is 0 Å². The normalized spacial score (nSPS) is 15.8. The number of nitrogens with one attached hydrogen (secondary N) is 3. The molecule has 0 aliphatic carbocycles. The fourth-order valence-electron chi connectivity index (χ4n) is 3.10. The summed E-state index contributed by atoms with van der Waals surface area (Å²) in [4.78, 5) is 26.1. The molecule has 1 aromatic rings. The van der Waals surface area contributed by atoms with Crippen LogP contribution in [0.5, 0.6) is 0 Å². The molecule has 0 bridgehead atoms. The van der Waals surface area contributed by atoms with Gasteiger partial charge in [0.25, 0.3) is 0 Å². The number of morpholine rings is 1. The SMILES string of the molecule is CC(C)CC(CNC(=O)NCC(=O)Nc1ccc(F)c(F)c1F)N1CCOCC1. The van der Waals surface area contributed by atoms with E-state index in [2.05, 4.69) is 34.7 Å². The second-order valence-corrected chi connectivity index (χ2v) is 7.27. The minimum absolute atomic E-state index is 0.148. The van der Waals surface area contributed by atoms with E-state index in [4.69, 9.17) is 4.74 Å². The maximum Gasteiger partial charge on any atom is 0.315 e. The summed E-state index contributed by atoms with van der Waals surface area (Å²) in [5.74, 6) is -4.84. The van der Waals surface area contributed by atoms with Gasteiger partial charge in [-0.05, 0) is 24.5 Å². The largest absolute Gasteiger partial charge is 0.379 e. The number of amides is 3. The van der Waals surface area contributed by atoms with Crippen molar-refractivity contribution in [3.8, 4) is 0 Å². The molecule has 1 aromatic carbocycles. The highest BCUT2D eigenvalue weighted by Gasteiger charge is 2.22. The second kappa shape index (κ2) is 11.0. The summed E-state index contributed by atoms with van der Waals surface area (Å²) in [5, 5.41) is 7.19. The molecule has 7 nitrogen and oxygen atoms in total. The number of carbonyl (C=O) groups is 2. The van der Waals surface area contributed by atoms with Crippen LogP contribution in [0.3, 0.4) is 0 Å². The van der Waals surface area contributed by atoms with Gasteiger partial charge in [0.2, 0.25) is 5.91 Å². The third-order valence-corrected chi connectivity index (χ3v) is 4.52. The summed E-state index contributed by atoms with van der Waals surface area (Å²) in [6.45, 7) is 7.07. The zero-order valence-electron chi connectivity index (χ0n) is 16.6. The fraction of sp³-hybridized carbons (Fsp3) is 0.579. The molecule has 1 aliphatic rings. The molecular formula is C19H27F3N4O3. The molecule has 0 radical (unpaired) electrons. The van der Waals surface area contributed by atoms with Crippen molar-refractivity contribution in [2.75, 3.05) is 44.7 Å². The number of rotatable bonds is 8. The van der Waals surface area contributed by atoms with Crippen LogP contribution in [0.2, 0.25) is 0 Å². The van der Waals surface area contributed by atoms with Crippen LogP contribution in [-0.4, -0.2) is 62.3 Å². The standard InChI is InChI=1S/C19H27F3N4O3/c1-12(2)9-13(26-5-7-29-8-6-26)10-23-19(28)24-11-16(27)25-15-4-3-14(20)17(21)18(15)22/h3-4,12-13H,5-11H2,1-2H3,(H,25,27)(H2,23,24,28). The predicted octanol–water partition coefficient (Wildman–Crippen LogP) is 2.09. The summed E-state index contributed by atoms with van der Waals surface area (Å²) < 4.78 is 45.0. The Kier molecular flexibility index (Phi) is 8.71. The highest BCUT2D eigenvalue weighted by Crippen LogP contribution is 2.19. The molecule has 0 aromatic heterocycles. The molecule has 1 atom stereocenters. The number of hydrogen-bond donors (Lipinski definition) is 3. The Morgan fingerprint density at radius 2 is 1.79 bits per heavy atom. The molecule has 2 rings (SSSR count).